The third kappa shape index (κ3) is 4.36. The van der Waals surface area contributed by atoms with Crippen LogP contribution >= 0.6 is 0 Å². The molecule has 1 heterocycles. The van der Waals surface area contributed by atoms with Crippen molar-refractivity contribution in [2.24, 2.45) is 0 Å². The van der Waals surface area contributed by atoms with Gasteiger partial charge < -0.3 is 15.4 Å². The highest BCUT2D eigenvalue weighted by Gasteiger charge is 2.18. The van der Waals surface area contributed by atoms with Crippen LogP contribution in [0.5, 0.6) is 5.75 Å². The van der Waals surface area contributed by atoms with E-state index < -0.39 is 0 Å². The van der Waals surface area contributed by atoms with Gasteiger partial charge in [-0.1, -0.05) is 42.5 Å². The summed E-state index contributed by atoms with van der Waals surface area (Å²) < 4.78 is 6.07. The zero-order valence-electron chi connectivity index (χ0n) is 14.0. The number of ether oxygens (including phenoxy) is 1. The fourth-order valence-corrected chi connectivity index (χ4v) is 3.01. The molecule has 0 radical (unpaired) electrons. The molecule has 2 atom stereocenters. The maximum atomic E-state index is 12.3. The van der Waals surface area contributed by atoms with E-state index in [2.05, 4.69) is 10.6 Å². The SMILES string of the molecule is CC(Oc1ccccc1NC(=O)CC1CCCN1)c1ccccc1. The Bertz CT molecular complexity index is 666. The Hall–Kier alpha value is -2.33. The maximum Gasteiger partial charge on any atom is 0.226 e. The number of hydrogen-bond donors (Lipinski definition) is 2. The number of para-hydroxylation sites is 2. The molecule has 0 aromatic heterocycles. The molecule has 1 aliphatic rings. The topological polar surface area (TPSA) is 50.4 Å². The highest BCUT2D eigenvalue weighted by molar-refractivity contribution is 5.92. The first-order chi connectivity index (χ1) is 11.7. The van der Waals surface area contributed by atoms with Crippen LogP contribution in [0.25, 0.3) is 0 Å². The predicted molar refractivity (Wildman–Crippen MR) is 96.2 cm³/mol. The third-order valence-corrected chi connectivity index (χ3v) is 4.33. The second-order valence-electron chi connectivity index (χ2n) is 6.21. The summed E-state index contributed by atoms with van der Waals surface area (Å²) in [7, 11) is 0. The van der Waals surface area contributed by atoms with Gasteiger partial charge in [-0.2, -0.15) is 0 Å². The van der Waals surface area contributed by atoms with E-state index in [-0.39, 0.29) is 12.0 Å². The Morgan fingerprint density at radius 1 is 1.21 bits per heavy atom. The first-order valence-corrected chi connectivity index (χ1v) is 8.56. The molecule has 0 spiro atoms. The Balaban J connectivity index is 1.65. The Morgan fingerprint density at radius 3 is 2.71 bits per heavy atom. The predicted octanol–water partition coefficient (Wildman–Crippen LogP) is 3.91. The minimum absolute atomic E-state index is 0.0258. The number of nitrogens with one attached hydrogen (secondary N) is 2. The molecule has 2 unspecified atom stereocenters. The van der Waals surface area contributed by atoms with E-state index in [0.29, 0.717) is 18.2 Å². The molecule has 1 amide bonds. The number of hydrogen-bond acceptors (Lipinski definition) is 3. The lowest BCUT2D eigenvalue weighted by atomic mass is 10.1. The summed E-state index contributed by atoms with van der Waals surface area (Å²) in [6.07, 6.45) is 2.63. The summed E-state index contributed by atoms with van der Waals surface area (Å²) in [6, 6.07) is 18.0. The maximum absolute atomic E-state index is 12.3. The van der Waals surface area contributed by atoms with Crippen LogP contribution in [0.3, 0.4) is 0 Å². The van der Waals surface area contributed by atoms with Crippen LogP contribution in [0.2, 0.25) is 0 Å². The molecule has 4 heteroatoms. The van der Waals surface area contributed by atoms with E-state index in [1.165, 1.54) is 0 Å². The zero-order chi connectivity index (χ0) is 16.8. The second-order valence-corrected chi connectivity index (χ2v) is 6.21. The van der Waals surface area contributed by atoms with E-state index in [1.807, 2.05) is 61.5 Å². The summed E-state index contributed by atoms with van der Waals surface area (Å²) in [5.41, 5.74) is 1.83. The molecular formula is C20H24N2O2. The summed E-state index contributed by atoms with van der Waals surface area (Å²) in [5, 5.41) is 6.34. The average Bonchev–Trinajstić information content (AvgIpc) is 3.10. The van der Waals surface area contributed by atoms with Gasteiger partial charge in [-0.05, 0) is 44.0 Å². The van der Waals surface area contributed by atoms with Gasteiger partial charge in [0.1, 0.15) is 11.9 Å². The summed E-state index contributed by atoms with van der Waals surface area (Å²) >= 11 is 0. The van der Waals surface area contributed by atoms with Crippen molar-refractivity contribution in [1.29, 1.82) is 0 Å². The van der Waals surface area contributed by atoms with Gasteiger partial charge in [0.2, 0.25) is 5.91 Å². The Morgan fingerprint density at radius 2 is 1.96 bits per heavy atom. The van der Waals surface area contributed by atoms with Gasteiger partial charge in [-0.25, -0.2) is 0 Å². The average molecular weight is 324 g/mol. The Labute approximate surface area is 143 Å². The van der Waals surface area contributed by atoms with Crippen LogP contribution in [0, 0.1) is 0 Å². The number of benzene rings is 2. The lowest BCUT2D eigenvalue weighted by molar-refractivity contribution is -0.116. The molecule has 3 rings (SSSR count). The van der Waals surface area contributed by atoms with Gasteiger partial charge >= 0.3 is 0 Å². The highest BCUT2D eigenvalue weighted by atomic mass is 16.5. The number of anilines is 1. The van der Waals surface area contributed by atoms with Crippen molar-refractivity contribution < 1.29 is 9.53 Å². The largest absolute Gasteiger partial charge is 0.484 e. The molecule has 24 heavy (non-hydrogen) atoms. The van der Waals surface area contributed by atoms with Crippen molar-refractivity contribution in [3.63, 3.8) is 0 Å². The summed E-state index contributed by atoms with van der Waals surface area (Å²) in [5.74, 6) is 0.722. The van der Waals surface area contributed by atoms with Crippen molar-refractivity contribution in [3.05, 3.63) is 60.2 Å². The number of carbonyl (C=O) groups excluding carboxylic acids is 1. The van der Waals surface area contributed by atoms with Crippen molar-refractivity contribution in [1.82, 2.24) is 5.32 Å². The van der Waals surface area contributed by atoms with Crippen molar-refractivity contribution >= 4 is 11.6 Å². The van der Waals surface area contributed by atoms with Gasteiger partial charge in [0, 0.05) is 12.5 Å². The normalized spacial score (nSPS) is 18.1. The highest BCUT2D eigenvalue weighted by Crippen LogP contribution is 2.29. The zero-order valence-corrected chi connectivity index (χ0v) is 14.0. The molecule has 4 nitrogen and oxygen atoms in total. The van der Waals surface area contributed by atoms with Crippen LogP contribution in [0.4, 0.5) is 5.69 Å². The van der Waals surface area contributed by atoms with Gasteiger partial charge in [0.15, 0.2) is 0 Å². The monoisotopic (exact) mass is 324 g/mol. The van der Waals surface area contributed by atoms with Crippen LogP contribution in [-0.4, -0.2) is 18.5 Å². The molecule has 1 saturated heterocycles. The van der Waals surface area contributed by atoms with Crippen LogP contribution in [0.1, 0.15) is 37.9 Å². The fraction of sp³-hybridized carbons (Fsp3) is 0.350. The van der Waals surface area contributed by atoms with Crippen LogP contribution in [-0.2, 0) is 4.79 Å². The van der Waals surface area contributed by atoms with E-state index in [1.54, 1.807) is 0 Å². The van der Waals surface area contributed by atoms with E-state index in [9.17, 15) is 4.79 Å². The molecule has 2 N–H and O–H groups in total. The molecule has 1 aliphatic heterocycles. The molecular weight excluding hydrogens is 300 g/mol. The lowest BCUT2D eigenvalue weighted by Crippen LogP contribution is -2.27. The second kappa shape index (κ2) is 7.97. The molecule has 126 valence electrons. The molecule has 2 aromatic rings. The third-order valence-electron chi connectivity index (χ3n) is 4.33. The molecule has 1 fully saturated rings. The first-order valence-electron chi connectivity index (χ1n) is 8.56. The van der Waals surface area contributed by atoms with E-state index >= 15 is 0 Å². The van der Waals surface area contributed by atoms with Crippen LogP contribution in [0.15, 0.2) is 54.6 Å². The van der Waals surface area contributed by atoms with Crippen molar-refractivity contribution in [2.45, 2.75) is 38.3 Å². The fourth-order valence-electron chi connectivity index (χ4n) is 3.01. The lowest BCUT2D eigenvalue weighted by Gasteiger charge is -2.18. The van der Waals surface area contributed by atoms with Crippen LogP contribution < -0.4 is 15.4 Å². The Kier molecular flexibility index (Phi) is 5.49. The molecule has 2 aromatic carbocycles. The number of amides is 1. The molecule has 0 saturated carbocycles. The number of carbonyl (C=O) groups is 1. The van der Waals surface area contributed by atoms with E-state index in [0.717, 1.165) is 30.6 Å². The molecule has 0 aliphatic carbocycles. The van der Waals surface area contributed by atoms with Crippen molar-refractivity contribution in [3.8, 4) is 5.75 Å². The van der Waals surface area contributed by atoms with Gasteiger partial charge in [0.25, 0.3) is 0 Å². The first kappa shape index (κ1) is 16.5. The number of rotatable bonds is 6. The van der Waals surface area contributed by atoms with Gasteiger partial charge in [-0.15, -0.1) is 0 Å². The van der Waals surface area contributed by atoms with Gasteiger partial charge in [-0.3, -0.25) is 4.79 Å². The molecule has 0 bridgehead atoms. The standard InChI is InChI=1S/C20H24N2O2/c1-15(16-8-3-2-4-9-16)24-19-12-6-5-11-18(19)22-20(23)14-17-10-7-13-21-17/h2-6,8-9,11-12,15,17,21H,7,10,13-14H2,1H3,(H,22,23). The van der Waals surface area contributed by atoms with Crippen molar-refractivity contribution in [2.75, 3.05) is 11.9 Å². The summed E-state index contributed by atoms with van der Waals surface area (Å²) in [6.45, 7) is 3.02. The van der Waals surface area contributed by atoms with Gasteiger partial charge in [0.05, 0.1) is 5.69 Å². The smallest absolute Gasteiger partial charge is 0.226 e. The van der Waals surface area contributed by atoms with E-state index in [4.69, 9.17) is 4.74 Å². The quantitative estimate of drug-likeness (QED) is 0.847. The minimum Gasteiger partial charge on any atom is -0.484 e. The summed E-state index contributed by atoms with van der Waals surface area (Å²) in [4.78, 5) is 12.3. The minimum atomic E-state index is -0.0826.